The molecular formula is C11H9BrFNO. The molecule has 0 saturated carbocycles. The molecule has 0 aliphatic carbocycles. The van der Waals surface area contributed by atoms with E-state index < -0.39 is 0 Å². The van der Waals surface area contributed by atoms with E-state index in [4.69, 9.17) is 0 Å². The third kappa shape index (κ3) is 4.13. The van der Waals surface area contributed by atoms with Crippen molar-refractivity contribution in [1.82, 2.24) is 5.32 Å². The molecular weight excluding hydrogens is 261 g/mol. The molecule has 0 heterocycles. The van der Waals surface area contributed by atoms with Crippen LogP contribution in [0.15, 0.2) is 22.7 Å². The number of carbonyl (C=O) groups excluding carboxylic acids is 1. The zero-order valence-corrected chi connectivity index (χ0v) is 9.69. The molecule has 4 heteroatoms. The first-order chi connectivity index (χ1) is 7.09. The molecule has 1 aromatic rings. The largest absolute Gasteiger partial charge is 0.345 e. The third-order valence-electron chi connectivity index (χ3n) is 1.58. The number of benzene rings is 1. The highest BCUT2D eigenvalue weighted by Crippen LogP contribution is 2.15. The molecule has 0 bridgehead atoms. The lowest BCUT2D eigenvalue weighted by atomic mass is 10.2. The monoisotopic (exact) mass is 269 g/mol. The van der Waals surface area contributed by atoms with Crippen LogP contribution >= 0.6 is 15.9 Å². The molecule has 0 aromatic heterocycles. The van der Waals surface area contributed by atoms with Crippen LogP contribution in [0.2, 0.25) is 0 Å². The lowest BCUT2D eigenvalue weighted by molar-refractivity contribution is -0.118. The molecule has 0 fully saturated rings. The summed E-state index contributed by atoms with van der Waals surface area (Å²) >= 11 is 3.07. The second-order valence-electron chi connectivity index (χ2n) is 2.84. The molecule has 1 amide bonds. The Morgan fingerprint density at radius 3 is 2.93 bits per heavy atom. The second kappa shape index (κ2) is 5.52. The van der Waals surface area contributed by atoms with Gasteiger partial charge in [0, 0.05) is 12.5 Å². The van der Waals surface area contributed by atoms with Gasteiger partial charge in [-0.25, -0.2) is 4.39 Å². The van der Waals surface area contributed by atoms with Crippen molar-refractivity contribution in [1.29, 1.82) is 0 Å². The molecule has 15 heavy (non-hydrogen) atoms. The molecule has 1 aromatic carbocycles. The fraction of sp³-hybridized carbons (Fsp3) is 0.182. The van der Waals surface area contributed by atoms with Gasteiger partial charge in [-0.1, -0.05) is 11.8 Å². The highest BCUT2D eigenvalue weighted by Gasteiger charge is 1.97. The van der Waals surface area contributed by atoms with Crippen molar-refractivity contribution in [2.45, 2.75) is 6.92 Å². The van der Waals surface area contributed by atoms with Gasteiger partial charge < -0.3 is 5.32 Å². The number of carbonyl (C=O) groups is 1. The lowest BCUT2D eigenvalue weighted by Gasteiger charge is -1.95. The van der Waals surface area contributed by atoms with Gasteiger partial charge >= 0.3 is 0 Å². The Kier molecular flexibility index (Phi) is 4.32. The van der Waals surface area contributed by atoms with Crippen molar-refractivity contribution in [2.24, 2.45) is 0 Å². The van der Waals surface area contributed by atoms with Crippen LogP contribution in [0, 0.1) is 17.7 Å². The summed E-state index contributed by atoms with van der Waals surface area (Å²) in [4.78, 5) is 10.5. The Morgan fingerprint density at radius 2 is 2.33 bits per heavy atom. The van der Waals surface area contributed by atoms with Gasteiger partial charge in [-0.2, -0.15) is 0 Å². The van der Waals surface area contributed by atoms with Crippen LogP contribution in [-0.2, 0) is 4.79 Å². The first kappa shape index (κ1) is 11.7. The fourth-order valence-corrected chi connectivity index (χ4v) is 1.27. The summed E-state index contributed by atoms with van der Waals surface area (Å²) in [5, 5.41) is 2.54. The smallest absolute Gasteiger partial charge is 0.217 e. The molecule has 0 saturated heterocycles. The Bertz CT molecular complexity index is 434. The van der Waals surface area contributed by atoms with E-state index in [2.05, 4.69) is 33.1 Å². The van der Waals surface area contributed by atoms with E-state index in [1.807, 2.05) is 0 Å². The number of hydrogen-bond acceptors (Lipinski definition) is 1. The quantitative estimate of drug-likeness (QED) is 0.778. The Balaban J connectivity index is 2.64. The summed E-state index contributed by atoms with van der Waals surface area (Å²) in [6.45, 7) is 1.72. The highest BCUT2D eigenvalue weighted by atomic mass is 79.9. The maximum atomic E-state index is 12.8. The lowest BCUT2D eigenvalue weighted by Crippen LogP contribution is -2.19. The minimum Gasteiger partial charge on any atom is -0.345 e. The van der Waals surface area contributed by atoms with E-state index in [0.29, 0.717) is 16.6 Å². The van der Waals surface area contributed by atoms with E-state index in [-0.39, 0.29) is 11.7 Å². The summed E-state index contributed by atoms with van der Waals surface area (Å²) in [7, 11) is 0. The first-order valence-corrected chi connectivity index (χ1v) is 5.07. The average Bonchev–Trinajstić information content (AvgIpc) is 2.18. The zero-order valence-electron chi connectivity index (χ0n) is 8.10. The minimum atomic E-state index is -0.317. The summed E-state index contributed by atoms with van der Waals surface area (Å²) in [6.07, 6.45) is 0. The van der Waals surface area contributed by atoms with Gasteiger partial charge in [0.1, 0.15) is 5.82 Å². The van der Waals surface area contributed by atoms with E-state index in [9.17, 15) is 9.18 Å². The predicted molar refractivity (Wildman–Crippen MR) is 59.7 cm³/mol. The number of halogens is 2. The van der Waals surface area contributed by atoms with Crippen LogP contribution in [0.25, 0.3) is 0 Å². The topological polar surface area (TPSA) is 29.1 Å². The number of nitrogens with one attached hydrogen (secondary N) is 1. The van der Waals surface area contributed by atoms with Crippen molar-refractivity contribution >= 4 is 21.8 Å². The van der Waals surface area contributed by atoms with Gasteiger partial charge in [-0.05, 0) is 34.1 Å². The van der Waals surface area contributed by atoms with Crippen molar-refractivity contribution in [3.05, 3.63) is 34.1 Å². The van der Waals surface area contributed by atoms with Gasteiger partial charge in [0.05, 0.1) is 11.0 Å². The van der Waals surface area contributed by atoms with Gasteiger partial charge in [-0.15, -0.1) is 0 Å². The summed E-state index contributed by atoms with van der Waals surface area (Å²) < 4.78 is 13.2. The summed E-state index contributed by atoms with van der Waals surface area (Å²) in [5.41, 5.74) is 0.702. The molecule has 0 spiro atoms. The van der Waals surface area contributed by atoms with Crippen molar-refractivity contribution in [2.75, 3.05) is 6.54 Å². The summed E-state index contributed by atoms with van der Waals surface area (Å²) in [6, 6.07) is 4.52. The number of amides is 1. The third-order valence-corrected chi connectivity index (χ3v) is 2.19. The molecule has 0 aliphatic rings. The van der Waals surface area contributed by atoms with Gasteiger partial charge in [0.2, 0.25) is 5.91 Å². The SMILES string of the molecule is CC(=O)NCC#Cc1ccc(F)c(Br)c1. The van der Waals surface area contributed by atoms with Gasteiger partial charge in [0.15, 0.2) is 0 Å². The first-order valence-electron chi connectivity index (χ1n) is 4.28. The maximum Gasteiger partial charge on any atom is 0.217 e. The predicted octanol–water partition coefficient (Wildman–Crippen LogP) is 2.08. The average molecular weight is 270 g/mol. The van der Waals surface area contributed by atoms with Crippen LogP contribution in [0.1, 0.15) is 12.5 Å². The van der Waals surface area contributed by atoms with E-state index in [0.717, 1.165) is 0 Å². The standard InChI is InChI=1S/C11H9BrFNO/c1-8(15)14-6-2-3-9-4-5-11(13)10(12)7-9/h4-5,7H,6H2,1H3,(H,14,15). The molecule has 0 atom stereocenters. The Hall–Kier alpha value is -1.34. The number of rotatable bonds is 1. The van der Waals surface area contributed by atoms with Crippen LogP contribution in [0.4, 0.5) is 4.39 Å². The van der Waals surface area contributed by atoms with Crippen LogP contribution in [0.3, 0.4) is 0 Å². The molecule has 78 valence electrons. The minimum absolute atomic E-state index is 0.121. The van der Waals surface area contributed by atoms with Crippen molar-refractivity contribution in [3.63, 3.8) is 0 Å². The van der Waals surface area contributed by atoms with Crippen molar-refractivity contribution in [3.8, 4) is 11.8 Å². The van der Waals surface area contributed by atoms with Crippen molar-refractivity contribution < 1.29 is 9.18 Å². The fourth-order valence-electron chi connectivity index (χ4n) is 0.889. The van der Waals surface area contributed by atoms with Gasteiger partial charge in [0.25, 0.3) is 0 Å². The Labute approximate surface area is 96.0 Å². The van der Waals surface area contributed by atoms with Crippen LogP contribution < -0.4 is 5.32 Å². The molecule has 0 unspecified atom stereocenters. The Morgan fingerprint density at radius 1 is 1.60 bits per heavy atom. The molecule has 1 N–H and O–H groups in total. The molecule has 2 nitrogen and oxygen atoms in total. The summed E-state index contributed by atoms with van der Waals surface area (Å²) in [5.74, 6) is 5.12. The number of hydrogen-bond donors (Lipinski definition) is 1. The van der Waals surface area contributed by atoms with E-state index in [1.165, 1.54) is 13.0 Å². The molecule has 1 rings (SSSR count). The molecule has 0 radical (unpaired) electrons. The van der Waals surface area contributed by atoms with E-state index in [1.54, 1.807) is 12.1 Å². The highest BCUT2D eigenvalue weighted by molar-refractivity contribution is 9.10. The zero-order chi connectivity index (χ0) is 11.3. The molecule has 0 aliphatic heterocycles. The van der Waals surface area contributed by atoms with Gasteiger partial charge in [-0.3, -0.25) is 4.79 Å². The maximum absolute atomic E-state index is 12.8. The van der Waals surface area contributed by atoms with E-state index >= 15 is 0 Å². The van der Waals surface area contributed by atoms with Crippen LogP contribution in [0.5, 0.6) is 0 Å². The van der Waals surface area contributed by atoms with Crippen LogP contribution in [-0.4, -0.2) is 12.5 Å². The second-order valence-corrected chi connectivity index (χ2v) is 3.69. The normalized spacial score (nSPS) is 9.00.